The van der Waals surface area contributed by atoms with E-state index in [0.717, 1.165) is 32.5 Å². The summed E-state index contributed by atoms with van der Waals surface area (Å²) in [7, 11) is 1.82. The second-order valence-electron chi connectivity index (χ2n) is 6.70. The molecule has 3 nitrogen and oxygen atoms in total. The molecule has 0 aromatic heterocycles. The van der Waals surface area contributed by atoms with Gasteiger partial charge in [-0.2, -0.15) is 0 Å². The van der Waals surface area contributed by atoms with Gasteiger partial charge in [0.15, 0.2) is 0 Å². The fourth-order valence-electron chi connectivity index (χ4n) is 3.64. The zero-order chi connectivity index (χ0) is 14.2. The van der Waals surface area contributed by atoms with Crippen LogP contribution in [0.5, 0.6) is 0 Å². The molecule has 3 heteroatoms. The van der Waals surface area contributed by atoms with E-state index in [0.29, 0.717) is 12.1 Å². The first-order valence-corrected chi connectivity index (χ1v) is 7.69. The van der Waals surface area contributed by atoms with Crippen molar-refractivity contribution in [3.63, 3.8) is 0 Å². The molecule has 0 radical (unpaired) electrons. The fourth-order valence-corrected chi connectivity index (χ4v) is 3.64. The second kappa shape index (κ2) is 5.47. The zero-order valence-electron chi connectivity index (χ0n) is 12.8. The average Bonchev–Trinajstić information content (AvgIpc) is 2.46. The standard InChI is InChI=1S/C17H26N2O/c1-17(2)15(9-16(17)20-3)19-11-13-6-4-5-12-10-18-8-7-14(12)13/h4-6,15-16,18-19H,7-11H2,1-3H3. The quantitative estimate of drug-likeness (QED) is 0.883. The Kier molecular flexibility index (Phi) is 3.85. The lowest BCUT2D eigenvalue weighted by Crippen LogP contribution is -2.60. The Morgan fingerprint density at radius 2 is 2.25 bits per heavy atom. The van der Waals surface area contributed by atoms with Crippen molar-refractivity contribution in [3.05, 3.63) is 34.9 Å². The van der Waals surface area contributed by atoms with Crippen LogP contribution in [0.4, 0.5) is 0 Å². The molecule has 1 saturated carbocycles. The Balaban J connectivity index is 1.65. The molecular weight excluding hydrogens is 248 g/mol. The van der Waals surface area contributed by atoms with Gasteiger partial charge in [0.2, 0.25) is 0 Å². The summed E-state index contributed by atoms with van der Waals surface area (Å²) in [5, 5.41) is 7.18. The lowest BCUT2D eigenvalue weighted by Gasteiger charge is -2.51. The maximum Gasteiger partial charge on any atom is 0.0652 e. The number of nitrogens with one attached hydrogen (secondary N) is 2. The van der Waals surface area contributed by atoms with E-state index in [1.807, 2.05) is 7.11 Å². The van der Waals surface area contributed by atoms with Crippen LogP contribution in [0.1, 0.15) is 37.0 Å². The van der Waals surface area contributed by atoms with E-state index in [2.05, 4.69) is 42.7 Å². The molecule has 0 spiro atoms. The summed E-state index contributed by atoms with van der Waals surface area (Å²) in [4.78, 5) is 0. The molecule has 0 amide bonds. The molecule has 1 aromatic carbocycles. The predicted molar refractivity (Wildman–Crippen MR) is 81.7 cm³/mol. The Labute approximate surface area is 122 Å². The van der Waals surface area contributed by atoms with Crippen molar-refractivity contribution in [2.75, 3.05) is 13.7 Å². The van der Waals surface area contributed by atoms with Gasteiger partial charge >= 0.3 is 0 Å². The van der Waals surface area contributed by atoms with E-state index in [1.165, 1.54) is 11.1 Å². The first-order chi connectivity index (χ1) is 9.63. The van der Waals surface area contributed by atoms with E-state index < -0.39 is 0 Å². The Morgan fingerprint density at radius 1 is 1.40 bits per heavy atom. The van der Waals surface area contributed by atoms with Crippen LogP contribution in [0.15, 0.2) is 18.2 Å². The molecule has 1 heterocycles. The van der Waals surface area contributed by atoms with Crippen molar-refractivity contribution in [2.45, 2.75) is 51.9 Å². The van der Waals surface area contributed by atoms with E-state index in [1.54, 1.807) is 5.56 Å². The lowest BCUT2D eigenvalue weighted by atomic mass is 9.64. The number of fused-ring (bicyclic) bond motifs is 1. The van der Waals surface area contributed by atoms with Crippen LogP contribution in [-0.4, -0.2) is 25.8 Å². The molecule has 2 aliphatic rings. The highest BCUT2D eigenvalue weighted by Crippen LogP contribution is 2.42. The minimum Gasteiger partial charge on any atom is -0.381 e. The molecule has 0 saturated heterocycles. The van der Waals surface area contributed by atoms with Gasteiger partial charge in [0, 0.05) is 31.7 Å². The summed E-state index contributed by atoms with van der Waals surface area (Å²) in [6.45, 7) is 7.70. The third-order valence-electron chi connectivity index (χ3n) is 5.24. The average molecular weight is 274 g/mol. The zero-order valence-corrected chi connectivity index (χ0v) is 12.8. The Bertz CT molecular complexity index is 484. The predicted octanol–water partition coefficient (Wildman–Crippen LogP) is 2.24. The van der Waals surface area contributed by atoms with Crippen LogP contribution < -0.4 is 10.6 Å². The van der Waals surface area contributed by atoms with Gasteiger partial charge in [-0.1, -0.05) is 32.0 Å². The normalized spacial score (nSPS) is 27.8. The van der Waals surface area contributed by atoms with Gasteiger partial charge < -0.3 is 15.4 Å². The van der Waals surface area contributed by atoms with E-state index >= 15 is 0 Å². The van der Waals surface area contributed by atoms with Crippen molar-refractivity contribution in [2.24, 2.45) is 5.41 Å². The largest absolute Gasteiger partial charge is 0.381 e. The first kappa shape index (κ1) is 14.1. The van der Waals surface area contributed by atoms with E-state index in [-0.39, 0.29) is 5.41 Å². The van der Waals surface area contributed by atoms with Crippen LogP contribution in [0.2, 0.25) is 0 Å². The number of methoxy groups -OCH3 is 1. The Hall–Kier alpha value is -0.900. The number of rotatable bonds is 4. The molecule has 2 unspecified atom stereocenters. The van der Waals surface area contributed by atoms with Gasteiger partial charge in [-0.15, -0.1) is 0 Å². The van der Waals surface area contributed by atoms with Gasteiger partial charge in [-0.05, 0) is 36.1 Å². The van der Waals surface area contributed by atoms with Crippen molar-refractivity contribution >= 4 is 0 Å². The summed E-state index contributed by atoms with van der Waals surface area (Å²) in [6, 6.07) is 7.27. The van der Waals surface area contributed by atoms with Crippen LogP contribution in [0, 0.1) is 5.41 Å². The van der Waals surface area contributed by atoms with Gasteiger partial charge in [0.05, 0.1) is 6.10 Å². The number of ether oxygens (including phenoxy) is 1. The molecule has 2 N–H and O–H groups in total. The second-order valence-corrected chi connectivity index (χ2v) is 6.70. The lowest BCUT2D eigenvalue weighted by molar-refractivity contribution is -0.0979. The highest BCUT2D eigenvalue weighted by Gasteiger charge is 2.48. The molecule has 110 valence electrons. The van der Waals surface area contributed by atoms with Crippen molar-refractivity contribution in [3.8, 4) is 0 Å². The van der Waals surface area contributed by atoms with E-state index in [4.69, 9.17) is 4.74 Å². The molecule has 1 aliphatic heterocycles. The van der Waals surface area contributed by atoms with Crippen LogP contribution >= 0.6 is 0 Å². The highest BCUT2D eigenvalue weighted by molar-refractivity contribution is 5.37. The Morgan fingerprint density at radius 3 is 3.00 bits per heavy atom. The minimum atomic E-state index is 0.241. The third kappa shape index (κ3) is 2.39. The molecule has 2 atom stereocenters. The summed E-state index contributed by atoms with van der Waals surface area (Å²) in [5.41, 5.74) is 4.74. The maximum absolute atomic E-state index is 5.53. The SMILES string of the molecule is COC1CC(NCc2cccc3c2CCNC3)C1(C)C. The highest BCUT2D eigenvalue weighted by atomic mass is 16.5. The monoisotopic (exact) mass is 274 g/mol. The van der Waals surface area contributed by atoms with Crippen molar-refractivity contribution in [1.29, 1.82) is 0 Å². The summed E-state index contributed by atoms with van der Waals surface area (Å²) < 4.78 is 5.53. The summed E-state index contributed by atoms with van der Waals surface area (Å²) >= 11 is 0. The number of hydrogen-bond acceptors (Lipinski definition) is 3. The molecule has 1 aromatic rings. The van der Waals surface area contributed by atoms with Gasteiger partial charge in [0.1, 0.15) is 0 Å². The summed E-state index contributed by atoms with van der Waals surface area (Å²) in [6.07, 6.45) is 2.68. The molecule has 20 heavy (non-hydrogen) atoms. The minimum absolute atomic E-state index is 0.241. The van der Waals surface area contributed by atoms with Crippen LogP contribution in [-0.2, 0) is 24.2 Å². The number of benzene rings is 1. The smallest absolute Gasteiger partial charge is 0.0652 e. The van der Waals surface area contributed by atoms with Crippen molar-refractivity contribution < 1.29 is 4.74 Å². The van der Waals surface area contributed by atoms with Gasteiger partial charge in [-0.3, -0.25) is 0 Å². The summed E-state index contributed by atoms with van der Waals surface area (Å²) in [5.74, 6) is 0. The van der Waals surface area contributed by atoms with Crippen LogP contribution in [0.3, 0.4) is 0 Å². The molecule has 1 aliphatic carbocycles. The molecule has 1 fully saturated rings. The first-order valence-electron chi connectivity index (χ1n) is 7.69. The van der Waals surface area contributed by atoms with Gasteiger partial charge in [0.25, 0.3) is 0 Å². The molecular formula is C17H26N2O. The third-order valence-corrected chi connectivity index (χ3v) is 5.24. The number of hydrogen-bond donors (Lipinski definition) is 2. The fraction of sp³-hybridized carbons (Fsp3) is 0.647. The van der Waals surface area contributed by atoms with E-state index in [9.17, 15) is 0 Å². The maximum atomic E-state index is 5.53. The van der Waals surface area contributed by atoms with Gasteiger partial charge in [-0.25, -0.2) is 0 Å². The van der Waals surface area contributed by atoms with Crippen molar-refractivity contribution in [1.82, 2.24) is 10.6 Å². The molecule has 3 rings (SSSR count). The van der Waals surface area contributed by atoms with Crippen LogP contribution in [0.25, 0.3) is 0 Å². The topological polar surface area (TPSA) is 33.3 Å². The molecule has 0 bridgehead atoms.